The van der Waals surface area contributed by atoms with E-state index in [1.165, 1.54) is 24.3 Å². The molecule has 0 N–H and O–H groups in total. The fourth-order valence-corrected chi connectivity index (χ4v) is 2.69. The van der Waals surface area contributed by atoms with Crippen LogP contribution in [0.25, 0.3) is 11.5 Å². The van der Waals surface area contributed by atoms with Gasteiger partial charge in [0.05, 0.1) is 24.8 Å². The van der Waals surface area contributed by atoms with Crippen molar-refractivity contribution < 1.29 is 17.8 Å². The Morgan fingerprint density at radius 3 is 2.61 bits per heavy atom. The molecule has 2 aromatic heterocycles. The molecule has 0 aliphatic rings. The summed E-state index contributed by atoms with van der Waals surface area (Å²) in [7, 11) is 0.0279. The lowest BCUT2D eigenvalue weighted by Gasteiger charge is -2.00. The molecule has 0 saturated carbocycles. The highest BCUT2D eigenvalue weighted by Gasteiger charge is 2.15. The van der Waals surface area contributed by atoms with E-state index in [2.05, 4.69) is 15.2 Å². The zero-order valence-corrected chi connectivity index (χ0v) is 12.9. The number of benzene rings is 1. The van der Waals surface area contributed by atoms with E-state index in [4.69, 9.17) is 9.15 Å². The molecule has 3 aromatic rings. The van der Waals surface area contributed by atoms with Gasteiger partial charge in [-0.1, -0.05) is 5.10 Å². The highest BCUT2D eigenvalue weighted by Crippen LogP contribution is 2.20. The Kier molecular flexibility index (Phi) is 4.42. The Morgan fingerprint density at radius 1 is 1.17 bits per heavy atom. The first-order valence-electron chi connectivity index (χ1n) is 6.62. The van der Waals surface area contributed by atoms with Crippen molar-refractivity contribution in [3.63, 3.8) is 0 Å². The molecule has 0 spiro atoms. The van der Waals surface area contributed by atoms with Gasteiger partial charge in [0, 0.05) is 5.56 Å². The van der Waals surface area contributed by atoms with Gasteiger partial charge in [0.1, 0.15) is 22.4 Å². The topological polar surface area (TPSA) is 78.1 Å². The van der Waals surface area contributed by atoms with Crippen LogP contribution in [0.5, 0.6) is 5.75 Å². The molecule has 0 unspecified atom stereocenters. The molecule has 0 radical (unpaired) electrons. The maximum absolute atomic E-state index is 12.9. The molecule has 3 rings (SSSR count). The summed E-state index contributed by atoms with van der Waals surface area (Å²) < 4.78 is 35.6. The zero-order chi connectivity index (χ0) is 16.2. The van der Waals surface area contributed by atoms with Crippen LogP contribution in [0.1, 0.15) is 5.69 Å². The highest BCUT2D eigenvalue weighted by molar-refractivity contribution is 7.83. The van der Waals surface area contributed by atoms with Crippen molar-refractivity contribution in [2.45, 2.75) is 11.0 Å². The minimum absolute atomic E-state index is 0.00180. The van der Waals surface area contributed by atoms with Crippen LogP contribution >= 0.6 is 0 Å². The summed E-state index contributed by atoms with van der Waals surface area (Å²) in [5.41, 5.74) is 1.18. The molecule has 2 heterocycles. The van der Waals surface area contributed by atoms with Crippen LogP contribution in [0.2, 0.25) is 0 Å². The SMILES string of the molecule is COc1ccc(C[S@](=O)c2nnc(-c3ccc(F)cc3)o2)nc1. The monoisotopic (exact) mass is 333 g/mol. The number of hydrogen-bond acceptors (Lipinski definition) is 6. The van der Waals surface area contributed by atoms with Gasteiger partial charge in [-0.05, 0) is 36.4 Å². The van der Waals surface area contributed by atoms with Crippen molar-refractivity contribution >= 4 is 10.8 Å². The number of rotatable bonds is 5. The molecule has 0 aliphatic carbocycles. The number of methoxy groups -OCH3 is 1. The molecular formula is C15H12FN3O3S. The van der Waals surface area contributed by atoms with Crippen LogP contribution in [0, 0.1) is 5.82 Å². The summed E-state index contributed by atoms with van der Waals surface area (Å²) in [4.78, 5) is 4.14. The molecule has 1 aromatic carbocycles. The third kappa shape index (κ3) is 3.59. The average molecular weight is 333 g/mol. The fourth-order valence-electron chi connectivity index (χ4n) is 1.82. The van der Waals surface area contributed by atoms with Gasteiger partial charge in [0.25, 0.3) is 0 Å². The van der Waals surface area contributed by atoms with Crippen LogP contribution < -0.4 is 4.74 Å². The molecule has 0 saturated heterocycles. The van der Waals surface area contributed by atoms with Gasteiger partial charge in [-0.25, -0.2) is 8.60 Å². The van der Waals surface area contributed by atoms with Crippen LogP contribution in [0.15, 0.2) is 52.2 Å². The molecule has 8 heteroatoms. The van der Waals surface area contributed by atoms with Gasteiger partial charge in [-0.2, -0.15) is 0 Å². The van der Waals surface area contributed by atoms with Crippen molar-refractivity contribution in [2.75, 3.05) is 7.11 Å². The minimum atomic E-state index is -1.52. The summed E-state index contributed by atoms with van der Waals surface area (Å²) in [6.07, 6.45) is 1.55. The van der Waals surface area contributed by atoms with E-state index in [1.807, 2.05) is 0 Å². The molecule has 6 nitrogen and oxygen atoms in total. The third-order valence-electron chi connectivity index (χ3n) is 3.00. The number of aromatic nitrogens is 3. The van der Waals surface area contributed by atoms with Gasteiger partial charge < -0.3 is 9.15 Å². The van der Waals surface area contributed by atoms with Crippen LogP contribution in [-0.4, -0.2) is 26.5 Å². The first-order valence-corrected chi connectivity index (χ1v) is 7.94. The van der Waals surface area contributed by atoms with Crippen molar-refractivity contribution in [1.29, 1.82) is 0 Å². The van der Waals surface area contributed by atoms with Gasteiger partial charge in [-0.15, -0.1) is 5.10 Å². The smallest absolute Gasteiger partial charge is 0.308 e. The normalized spacial score (nSPS) is 12.1. The van der Waals surface area contributed by atoms with E-state index < -0.39 is 10.8 Å². The van der Waals surface area contributed by atoms with Gasteiger partial charge in [0.2, 0.25) is 5.89 Å². The first-order chi connectivity index (χ1) is 11.2. The standard InChI is InChI=1S/C15H12FN3O3S/c1-21-13-7-6-12(17-8-13)9-23(20)15-19-18-14(22-15)10-2-4-11(16)5-3-10/h2-8H,9H2,1H3/t23-/m0/s1. The van der Waals surface area contributed by atoms with Crippen LogP contribution in [-0.2, 0) is 16.6 Å². The summed E-state index contributed by atoms with van der Waals surface area (Å²) >= 11 is 0. The van der Waals surface area contributed by atoms with E-state index in [9.17, 15) is 8.60 Å². The second-order valence-corrected chi connectivity index (χ2v) is 5.89. The Bertz CT molecular complexity index is 819. The number of nitrogens with zero attached hydrogens (tertiary/aromatic N) is 3. The molecule has 1 atom stereocenters. The predicted octanol–water partition coefficient (Wildman–Crippen LogP) is 2.59. The van der Waals surface area contributed by atoms with Crippen molar-refractivity contribution in [3.8, 4) is 17.2 Å². The summed E-state index contributed by atoms with van der Waals surface area (Å²) in [6.45, 7) is 0. The number of halogens is 1. The van der Waals surface area contributed by atoms with E-state index in [0.717, 1.165) is 0 Å². The second kappa shape index (κ2) is 6.66. The third-order valence-corrected chi connectivity index (χ3v) is 4.12. The fraction of sp³-hybridized carbons (Fsp3) is 0.133. The lowest BCUT2D eigenvalue weighted by Crippen LogP contribution is -1.99. The Labute approximate surface area is 133 Å². The van der Waals surface area contributed by atoms with Crippen LogP contribution in [0.3, 0.4) is 0 Å². The molecule has 0 bridgehead atoms. The first kappa shape index (κ1) is 15.3. The van der Waals surface area contributed by atoms with Gasteiger partial charge in [-0.3, -0.25) is 4.98 Å². The minimum Gasteiger partial charge on any atom is -0.495 e. The van der Waals surface area contributed by atoms with E-state index >= 15 is 0 Å². The lowest BCUT2D eigenvalue weighted by atomic mass is 10.2. The summed E-state index contributed by atoms with van der Waals surface area (Å²) in [5, 5.41) is 7.62. The predicted molar refractivity (Wildman–Crippen MR) is 80.6 cm³/mol. The number of pyridine rings is 1. The summed E-state index contributed by atoms with van der Waals surface area (Å²) in [5.74, 6) is 0.601. The van der Waals surface area contributed by atoms with Gasteiger partial charge >= 0.3 is 5.22 Å². The van der Waals surface area contributed by atoms with E-state index in [0.29, 0.717) is 17.0 Å². The summed E-state index contributed by atoms with van der Waals surface area (Å²) in [6, 6.07) is 9.06. The lowest BCUT2D eigenvalue weighted by molar-refractivity contribution is 0.412. The van der Waals surface area contributed by atoms with Crippen molar-refractivity contribution in [2.24, 2.45) is 0 Å². The van der Waals surface area contributed by atoms with Crippen molar-refractivity contribution in [1.82, 2.24) is 15.2 Å². The maximum Gasteiger partial charge on any atom is 0.308 e. The van der Waals surface area contributed by atoms with Crippen molar-refractivity contribution in [3.05, 3.63) is 54.1 Å². The van der Waals surface area contributed by atoms with E-state index in [-0.39, 0.29) is 22.7 Å². The average Bonchev–Trinajstić information content (AvgIpc) is 3.06. The zero-order valence-electron chi connectivity index (χ0n) is 12.1. The van der Waals surface area contributed by atoms with E-state index in [1.54, 1.807) is 25.4 Å². The number of hydrogen-bond donors (Lipinski definition) is 0. The Morgan fingerprint density at radius 2 is 1.96 bits per heavy atom. The van der Waals surface area contributed by atoms with Gasteiger partial charge in [0.15, 0.2) is 0 Å². The molecule has 0 fully saturated rings. The Balaban J connectivity index is 1.74. The molecule has 0 aliphatic heterocycles. The molecule has 23 heavy (non-hydrogen) atoms. The maximum atomic E-state index is 12.9. The molecule has 0 amide bonds. The number of ether oxygens (including phenoxy) is 1. The second-order valence-electron chi connectivity index (χ2n) is 4.56. The highest BCUT2D eigenvalue weighted by atomic mass is 32.2. The molecular weight excluding hydrogens is 321 g/mol. The Hall–Kier alpha value is -2.61. The quantitative estimate of drug-likeness (QED) is 0.714. The van der Waals surface area contributed by atoms with Crippen LogP contribution in [0.4, 0.5) is 4.39 Å². The largest absolute Gasteiger partial charge is 0.495 e. The molecule has 118 valence electrons.